The third kappa shape index (κ3) is 3.33. The van der Waals surface area contributed by atoms with E-state index in [2.05, 4.69) is 9.97 Å². The third-order valence-electron chi connectivity index (χ3n) is 2.74. The summed E-state index contributed by atoms with van der Waals surface area (Å²) in [5.74, 6) is 6.25. The Hall–Kier alpha value is -1.85. The summed E-state index contributed by atoms with van der Waals surface area (Å²) >= 11 is 5.78. The van der Waals surface area contributed by atoms with E-state index in [1.807, 2.05) is 25.1 Å². The molecule has 1 aromatic heterocycles. The molecule has 0 unspecified atom stereocenters. The number of rotatable bonds is 4. The minimum atomic E-state index is 0.353. The molecule has 2 aromatic rings. The maximum absolute atomic E-state index is 5.81. The van der Waals surface area contributed by atoms with Gasteiger partial charge in [-0.3, -0.25) is 0 Å². The number of nitrogens with two attached hydrogens (primary N) is 1. The van der Waals surface area contributed by atoms with Gasteiger partial charge in [0.2, 0.25) is 5.88 Å². The molecule has 6 heteroatoms. The van der Waals surface area contributed by atoms with E-state index in [1.165, 1.54) is 6.33 Å². The van der Waals surface area contributed by atoms with Gasteiger partial charge in [0.05, 0.1) is 5.69 Å². The van der Waals surface area contributed by atoms with E-state index in [9.17, 15) is 0 Å². The normalized spacial score (nSPS) is 10.3. The van der Waals surface area contributed by atoms with Crippen molar-refractivity contribution in [3.63, 3.8) is 0 Å². The number of nitrogens with zero attached hydrogens (tertiary/aromatic N) is 3. The Morgan fingerprint density at radius 2 is 2.16 bits per heavy atom. The Labute approximate surface area is 117 Å². The number of benzene rings is 1. The predicted octanol–water partition coefficient (Wildman–Crippen LogP) is 2.33. The summed E-state index contributed by atoms with van der Waals surface area (Å²) in [5.41, 5.74) is 3.04. The summed E-state index contributed by atoms with van der Waals surface area (Å²) < 4.78 is 5.63. The van der Waals surface area contributed by atoms with Crippen LogP contribution >= 0.6 is 11.6 Å². The molecule has 5 nitrogen and oxygen atoms in total. The number of hydrazine groups is 1. The van der Waals surface area contributed by atoms with E-state index in [0.29, 0.717) is 17.6 Å². The molecule has 1 aromatic carbocycles. The summed E-state index contributed by atoms with van der Waals surface area (Å²) in [7, 11) is 1.79. The molecule has 2 rings (SSSR count). The molecule has 0 atom stereocenters. The second-order valence-electron chi connectivity index (χ2n) is 4.15. The number of hydrogen-bond acceptors (Lipinski definition) is 5. The Bertz CT molecular complexity index is 574. The van der Waals surface area contributed by atoms with Crippen LogP contribution in [0.1, 0.15) is 11.1 Å². The molecule has 0 aliphatic heterocycles. The molecule has 0 saturated carbocycles. The maximum atomic E-state index is 5.81. The molecular weight excluding hydrogens is 264 g/mol. The number of anilines is 1. The fraction of sp³-hybridized carbons (Fsp3) is 0.231. The highest BCUT2D eigenvalue weighted by Crippen LogP contribution is 2.23. The fourth-order valence-electron chi connectivity index (χ4n) is 1.75. The minimum Gasteiger partial charge on any atom is -0.473 e. The van der Waals surface area contributed by atoms with Gasteiger partial charge >= 0.3 is 0 Å². The number of halogens is 1. The molecule has 100 valence electrons. The highest BCUT2D eigenvalue weighted by Gasteiger charge is 2.09. The molecule has 0 aliphatic carbocycles. The molecule has 0 saturated heterocycles. The van der Waals surface area contributed by atoms with Gasteiger partial charge in [-0.2, -0.15) is 0 Å². The third-order valence-corrected chi connectivity index (χ3v) is 2.95. The van der Waals surface area contributed by atoms with Crippen molar-refractivity contribution in [1.82, 2.24) is 9.97 Å². The SMILES string of the molecule is Cc1cccc(N(C)N)c1COc1cc(Cl)ncn1. The van der Waals surface area contributed by atoms with Crippen LogP contribution in [0.5, 0.6) is 5.88 Å². The number of aromatic nitrogens is 2. The average Bonchev–Trinajstić information content (AvgIpc) is 2.37. The molecule has 19 heavy (non-hydrogen) atoms. The smallest absolute Gasteiger partial charge is 0.218 e. The molecule has 0 aliphatic rings. The number of aryl methyl sites for hydroxylation is 1. The zero-order valence-corrected chi connectivity index (χ0v) is 11.6. The monoisotopic (exact) mass is 278 g/mol. The molecule has 0 radical (unpaired) electrons. The zero-order chi connectivity index (χ0) is 13.8. The second-order valence-corrected chi connectivity index (χ2v) is 4.54. The first-order valence-electron chi connectivity index (χ1n) is 5.75. The molecular formula is C13H15ClN4O. The van der Waals surface area contributed by atoms with Crippen LogP contribution in [0.3, 0.4) is 0 Å². The Morgan fingerprint density at radius 1 is 1.37 bits per heavy atom. The lowest BCUT2D eigenvalue weighted by atomic mass is 10.1. The van der Waals surface area contributed by atoms with Gasteiger partial charge in [0, 0.05) is 18.7 Å². The van der Waals surface area contributed by atoms with Crippen LogP contribution in [-0.2, 0) is 6.61 Å². The van der Waals surface area contributed by atoms with Gasteiger partial charge in [-0.05, 0) is 18.6 Å². The minimum absolute atomic E-state index is 0.353. The molecule has 0 amide bonds. The summed E-state index contributed by atoms with van der Waals surface area (Å²) in [6, 6.07) is 7.49. The van der Waals surface area contributed by atoms with Crippen LogP contribution in [-0.4, -0.2) is 17.0 Å². The van der Waals surface area contributed by atoms with Crippen molar-refractivity contribution < 1.29 is 4.74 Å². The van der Waals surface area contributed by atoms with E-state index in [0.717, 1.165) is 16.8 Å². The van der Waals surface area contributed by atoms with Gasteiger partial charge in [0.25, 0.3) is 0 Å². The van der Waals surface area contributed by atoms with Crippen molar-refractivity contribution in [3.05, 3.63) is 46.9 Å². The standard InChI is InChI=1S/C13H15ClN4O/c1-9-4-3-5-11(18(2)15)10(9)7-19-13-6-12(14)16-8-17-13/h3-6,8H,7,15H2,1-2H3. The Morgan fingerprint density at radius 3 is 2.84 bits per heavy atom. The van der Waals surface area contributed by atoms with Gasteiger partial charge in [-0.1, -0.05) is 23.7 Å². The summed E-state index contributed by atoms with van der Waals surface area (Å²) in [6.45, 7) is 2.38. The van der Waals surface area contributed by atoms with Crippen molar-refractivity contribution in [3.8, 4) is 5.88 Å². The van der Waals surface area contributed by atoms with Crippen LogP contribution in [0, 0.1) is 6.92 Å². The highest BCUT2D eigenvalue weighted by molar-refractivity contribution is 6.29. The zero-order valence-electron chi connectivity index (χ0n) is 10.8. The average molecular weight is 279 g/mol. The van der Waals surface area contributed by atoms with Crippen LogP contribution in [0.25, 0.3) is 0 Å². The van der Waals surface area contributed by atoms with Crippen molar-refractivity contribution in [1.29, 1.82) is 0 Å². The first kappa shape index (κ1) is 13.6. The van der Waals surface area contributed by atoms with E-state index < -0.39 is 0 Å². The van der Waals surface area contributed by atoms with Gasteiger partial charge in [-0.15, -0.1) is 0 Å². The fourth-order valence-corrected chi connectivity index (χ4v) is 1.88. The first-order chi connectivity index (χ1) is 9.08. The first-order valence-corrected chi connectivity index (χ1v) is 6.13. The quantitative estimate of drug-likeness (QED) is 0.528. The summed E-state index contributed by atoms with van der Waals surface area (Å²) in [4.78, 5) is 7.80. The van der Waals surface area contributed by atoms with Crippen molar-refractivity contribution in [2.75, 3.05) is 12.1 Å². The highest BCUT2D eigenvalue weighted by atomic mass is 35.5. The van der Waals surface area contributed by atoms with Crippen molar-refractivity contribution in [2.45, 2.75) is 13.5 Å². The topological polar surface area (TPSA) is 64.3 Å². The molecule has 0 spiro atoms. The molecule has 1 heterocycles. The van der Waals surface area contributed by atoms with E-state index >= 15 is 0 Å². The van der Waals surface area contributed by atoms with E-state index in [-0.39, 0.29) is 0 Å². The molecule has 0 fully saturated rings. The lowest BCUT2D eigenvalue weighted by molar-refractivity contribution is 0.293. The Kier molecular flexibility index (Phi) is 4.19. The predicted molar refractivity (Wildman–Crippen MR) is 75.1 cm³/mol. The lowest BCUT2D eigenvalue weighted by Gasteiger charge is -2.19. The summed E-state index contributed by atoms with van der Waals surface area (Å²) in [6.07, 6.45) is 1.37. The van der Waals surface area contributed by atoms with E-state index in [1.54, 1.807) is 18.1 Å². The van der Waals surface area contributed by atoms with E-state index in [4.69, 9.17) is 22.2 Å². The van der Waals surface area contributed by atoms with Gasteiger partial charge in [0.1, 0.15) is 18.1 Å². The maximum Gasteiger partial charge on any atom is 0.218 e. The number of ether oxygens (including phenoxy) is 1. The Balaban J connectivity index is 2.19. The second kappa shape index (κ2) is 5.86. The van der Waals surface area contributed by atoms with Crippen LogP contribution in [0.2, 0.25) is 5.15 Å². The number of hydrogen-bond donors (Lipinski definition) is 1. The van der Waals surface area contributed by atoms with Crippen molar-refractivity contribution in [2.24, 2.45) is 5.84 Å². The molecule has 0 bridgehead atoms. The molecule has 2 N–H and O–H groups in total. The summed E-state index contributed by atoms with van der Waals surface area (Å²) in [5, 5.41) is 1.92. The van der Waals surface area contributed by atoms with Gasteiger partial charge in [-0.25, -0.2) is 15.8 Å². The lowest BCUT2D eigenvalue weighted by Crippen LogP contribution is -2.26. The largest absolute Gasteiger partial charge is 0.473 e. The van der Waals surface area contributed by atoms with Crippen molar-refractivity contribution >= 4 is 17.3 Å². The van der Waals surface area contributed by atoms with Crippen LogP contribution in [0.15, 0.2) is 30.6 Å². The van der Waals surface area contributed by atoms with Crippen LogP contribution < -0.4 is 15.6 Å². The van der Waals surface area contributed by atoms with Gasteiger partial charge in [0.15, 0.2) is 0 Å². The van der Waals surface area contributed by atoms with Gasteiger partial charge < -0.3 is 9.75 Å². The van der Waals surface area contributed by atoms with Crippen LogP contribution in [0.4, 0.5) is 5.69 Å².